The minimum atomic E-state index is -0.170. The third kappa shape index (κ3) is 2.87. The van der Waals surface area contributed by atoms with Crippen LogP contribution in [-0.2, 0) is 6.54 Å². The van der Waals surface area contributed by atoms with Crippen molar-refractivity contribution in [2.75, 3.05) is 11.9 Å². The molecule has 6 nitrogen and oxygen atoms in total. The largest absolute Gasteiger partial charge is 0.384 e. The van der Waals surface area contributed by atoms with Crippen LogP contribution < -0.4 is 10.9 Å². The lowest BCUT2D eigenvalue weighted by molar-refractivity contribution is 0.614. The molecule has 0 bridgehead atoms. The van der Waals surface area contributed by atoms with Crippen LogP contribution in [0.3, 0.4) is 0 Å². The lowest BCUT2D eigenvalue weighted by Gasteiger charge is -2.05. The SMILES string of the molecule is CCNc1cnn(Cc2ncccn2)c(=O)c1. The highest BCUT2D eigenvalue weighted by Crippen LogP contribution is 1.99. The van der Waals surface area contributed by atoms with Gasteiger partial charge in [-0.1, -0.05) is 0 Å². The van der Waals surface area contributed by atoms with Crippen molar-refractivity contribution in [2.24, 2.45) is 0 Å². The van der Waals surface area contributed by atoms with E-state index in [0.29, 0.717) is 5.82 Å². The Hall–Kier alpha value is -2.24. The maximum Gasteiger partial charge on any atom is 0.269 e. The Kier molecular flexibility index (Phi) is 3.44. The minimum absolute atomic E-state index is 0.170. The van der Waals surface area contributed by atoms with Gasteiger partial charge in [0.05, 0.1) is 11.9 Å². The molecule has 1 N–H and O–H groups in total. The second-order valence-electron chi connectivity index (χ2n) is 3.44. The van der Waals surface area contributed by atoms with Gasteiger partial charge in [-0.15, -0.1) is 0 Å². The van der Waals surface area contributed by atoms with E-state index in [9.17, 15) is 4.79 Å². The molecule has 0 fully saturated rings. The monoisotopic (exact) mass is 231 g/mol. The molecular weight excluding hydrogens is 218 g/mol. The number of rotatable bonds is 4. The van der Waals surface area contributed by atoms with Gasteiger partial charge in [0.2, 0.25) is 0 Å². The molecule has 17 heavy (non-hydrogen) atoms. The summed E-state index contributed by atoms with van der Waals surface area (Å²) in [6.07, 6.45) is 4.90. The fraction of sp³-hybridized carbons (Fsp3) is 0.273. The van der Waals surface area contributed by atoms with E-state index in [4.69, 9.17) is 0 Å². The number of aromatic nitrogens is 4. The van der Waals surface area contributed by atoms with Crippen molar-refractivity contribution in [3.05, 3.63) is 46.9 Å². The molecule has 6 heteroatoms. The van der Waals surface area contributed by atoms with Gasteiger partial charge in [0, 0.05) is 25.0 Å². The number of hydrogen-bond acceptors (Lipinski definition) is 5. The predicted octanol–water partition coefficient (Wildman–Crippen LogP) is 0.513. The van der Waals surface area contributed by atoms with Gasteiger partial charge in [-0.2, -0.15) is 5.10 Å². The Morgan fingerprint density at radius 3 is 2.76 bits per heavy atom. The smallest absolute Gasteiger partial charge is 0.269 e. The summed E-state index contributed by atoms with van der Waals surface area (Å²) in [6, 6.07) is 3.24. The van der Waals surface area contributed by atoms with Gasteiger partial charge in [0.25, 0.3) is 5.56 Å². The van der Waals surface area contributed by atoms with Gasteiger partial charge in [0.1, 0.15) is 12.4 Å². The van der Waals surface area contributed by atoms with Crippen molar-refractivity contribution >= 4 is 5.69 Å². The lowest BCUT2D eigenvalue weighted by Crippen LogP contribution is -2.24. The summed E-state index contributed by atoms with van der Waals surface area (Å²) < 4.78 is 1.33. The summed E-state index contributed by atoms with van der Waals surface area (Å²) in [4.78, 5) is 19.8. The van der Waals surface area contributed by atoms with Crippen LogP contribution in [0.25, 0.3) is 0 Å². The van der Waals surface area contributed by atoms with E-state index in [-0.39, 0.29) is 12.1 Å². The standard InChI is InChI=1S/C11H13N5O/c1-2-12-9-6-11(17)16(15-7-9)8-10-13-4-3-5-14-10/h3-7,12H,2,8H2,1H3. The van der Waals surface area contributed by atoms with Gasteiger partial charge in [-0.25, -0.2) is 14.6 Å². The van der Waals surface area contributed by atoms with E-state index in [2.05, 4.69) is 20.4 Å². The number of hydrogen-bond donors (Lipinski definition) is 1. The van der Waals surface area contributed by atoms with E-state index in [1.165, 1.54) is 10.7 Å². The molecule has 2 aromatic heterocycles. The molecule has 0 aromatic carbocycles. The second-order valence-corrected chi connectivity index (χ2v) is 3.44. The molecule has 0 saturated heterocycles. The minimum Gasteiger partial charge on any atom is -0.384 e. The molecule has 0 aliphatic carbocycles. The van der Waals surface area contributed by atoms with E-state index in [0.717, 1.165) is 12.2 Å². The molecule has 0 atom stereocenters. The quantitative estimate of drug-likeness (QED) is 0.830. The van der Waals surface area contributed by atoms with Gasteiger partial charge in [0.15, 0.2) is 0 Å². The number of nitrogens with one attached hydrogen (secondary N) is 1. The lowest BCUT2D eigenvalue weighted by atomic mass is 10.4. The summed E-state index contributed by atoms with van der Waals surface area (Å²) in [6.45, 7) is 3.00. The molecule has 2 aromatic rings. The zero-order valence-corrected chi connectivity index (χ0v) is 9.50. The van der Waals surface area contributed by atoms with Crippen LogP contribution >= 0.6 is 0 Å². The Balaban J connectivity index is 2.20. The maximum atomic E-state index is 11.7. The van der Waals surface area contributed by atoms with Crippen molar-refractivity contribution in [3.8, 4) is 0 Å². The molecule has 88 valence electrons. The molecule has 0 aliphatic rings. The molecule has 0 unspecified atom stereocenters. The first-order valence-corrected chi connectivity index (χ1v) is 5.36. The number of nitrogens with zero attached hydrogens (tertiary/aromatic N) is 4. The molecule has 0 radical (unpaired) electrons. The highest BCUT2D eigenvalue weighted by molar-refractivity contribution is 5.38. The third-order valence-corrected chi connectivity index (χ3v) is 2.16. The van der Waals surface area contributed by atoms with Crippen LogP contribution in [0.5, 0.6) is 0 Å². The molecular formula is C11H13N5O. The highest BCUT2D eigenvalue weighted by atomic mass is 16.1. The van der Waals surface area contributed by atoms with Crippen molar-refractivity contribution < 1.29 is 0 Å². The van der Waals surface area contributed by atoms with Crippen molar-refractivity contribution in [3.63, 3.8) is 0 Å². The fourth-order valence-corrected chi connectivity index (χ4v) is 1.40. The van der Waals surface area contributed by atoms with Crippen LogP contribution in [0.1, 0.15) is 12.7 Å². The van der Waals surface area contributed by atoms with E-state index in [1.807, 2.05) is 6.92 Å². The van der Waals surface area contributed by atoms with E-state index < -0.39 is 0 Å². The van der Waals surface area contributed by atoms with E-state index >= 15 is 0 Å². The average molecular weight is 231 g/mol. The Morgan fingerprint density at radius 2 is 2.12 bits per heavy atom. The van der Waals surface area contributed by atoms with Crippen LogP contribution in [0, 0.1) is 0 Å². The molecule has 0 aliphatic heterocycles. The van der Waals surface area contributed by atoms with Crippen molar-refractivity contribution in [1.82, 2.24) is 19.7 Å². The molecule has 2 heterocycles. The average Bonchev–Trinajstić information content (AvgIpc) is 2.34. The van der Waals surface area contributed by atoms with Gasteiger partial charge < -0.3 is 5.32 Å². The van der Waals surface area contributed by atoms with Gasteiger partial charge in [-0.05, 0) is 13.0 Å². The fourth-order valence-electron chi connectivity index (χ4n) is 1.40. The van der Waals surface area contributed by atoms with Crippen molar-refractivity contribution in [1.29, 1.82) is 0 Å². The second kappa shape index (κ2) is 5.20. The molecule has 0 spiro atoms. The van der Waals surface area contributed by atoms with Gasteiger partial charge >= 0.3 is 0 Å². The zero-order valence-electron chi connectivity index (χ0n) is 9.50. The Labute approximate surface area is 98.4 Å². The first kappa shape index (κ1) is 11.3. The predicted molar refractivity (Wildman–Crippen MR) is 63.8 cm³/mol. The normalized spacial score (nSPS) is 10.2. The summed E-state index contributed by atoms with van der Waals surface area (Å²) in [7, 11) is 0. The molecule has 2 rings (SSSR count). The summed E-state index contributed by atoms with van der Waals surface area (Å²) in [5.74, 6) is 0.568. The van der Waals surface area contributed by atoms with Crippen molar-refractivity contribution in [2.45, 2.75) is 13.5 Å². The summed E-state index contributed by atoms with van der Waals surface area (Å²) in [5.41, 5.74) is 0.554. The van der Waals surface area contributed by atoms with E-state index in [1.54, 1.807) is 24.7 Å². The molecule has 0 saturated carbocycles. The third-order valence-electron chi connectivity index (χ3n) is 2.16. The summed E-state index contributed by atoms with van der Waals surface area (Å²) in [5, 5.41) is 7.09. The first-order chi connectivity index (χ1) is 8.29. The van der Waals surface area contributed by atoms with Crippen LogP contribution in [0.15, 0.2) is 35.5 Å². The number of anilines is 1. The maximum absolute atomic E-state index is 11.7. The summed E-state index contributed by atoms with van der Waals surface area (Å²) >= 11 is 0. The first-order valence-electron chi connectivity index (χ1n) is 5.36. The van der Waals surface area contributed by atoms with Crippen LogP contribution in [0.2, 0.25) is 0 Å². The Bertz CT molecular complexity index is 537. The Morgan fingerprint density at radius 1 is 1.35 bits per heavy atom. The van der Waals surface area contributed by atoms with Crippen LogP contribution in [0.4, 0.5) is 5.69 Å². The van der Waals surface area contributed by atoms with Crippen LogP contribution in [-0.4, -0.2) is 26.3 Å². The topological polar surface area (TPSA) is 72.7 Å². The zero-order chi connectivity index (χ0) is 12.1. The highest BCUT2D eigenvalue weighted by Gasteiger charge is 2.02. The van der Waals surface area contributed by atoms with Gasteiger partial charge in [-0.3, -0.25) is 4.79 Å². The molecule has 0 amide bonds.